The van der Waals surface area contributed by atoms with Crippen molar-refractivity contribution < 1.29 is 14.7 Å². The molecule has 0 rings (SSSR count). The second-order valence-corrected chi connectivity index (χ2v) is 6.35. The normalized spacial score (nSPS) is 13.9. The van der Waals surface area contributed by atoms with Crippen LogP contribution in [0.4, 0.5) is 0 Å². The predicted octanol–water partition coefficient (Wildman–Crippen LogP) is 4.50. The maximum atomic E-state index is 11.7. The lowest BCUT2D eigenvalue weighted by Crippen LogP contribution is -2.24. The monoisotopic (exact) mass is 303 g/mol. The number of hydrogen-bond acceptors (Lipinski definition) is 4. The van der Waals surface area contributed by atoms with Crippen LogP contribution < -0.4 is 0 Å². The molecule has 1 N–H and O–H groups in total. The Morgan fingerprint density at radius 2 is 2.00 bits per heavy atom. The van der Waals surface area contributed by atoms with Gasteiger partial charge in [0, 0.05) is 5.92 Å². The standard InChI is InChI=1S/C15H26ClNO3/c1-6-7-12(14(16)17-19)9-8-11(2)10-13(18)20-15(3,4)5/h12,19H,2,6-10H2,1,3-5H3/b17-14-. The summed E-state index contributed by atoms with van der Waals surface area (Å²) in [6, 6.07) is 0. The van der Waals surface area contributed by atoms with Crippen LogP contribution in [0.25, 0.3) is 0 Å². The molecule has 4 nitrogen and oxygen atoms in total. The van der Waals surface area contributed by atoms with Crippen molar-refractivity contribution in [1.29, 1.82) is 0 Å². The fourth-order valence-electron chi connectivity index (χ4n) is 1.86. The SMILES string of the molecule is C=C(CCC(CCC)/C(Cl)=N/O)CC(=O)OC(C)(C)C. The van der Waals surface area contributed by atoms with Crippen LogP contribution in [0.2, 0.25) is 0 Å². The Balaban J connectivity index is 4.23. The van der Waals surface area contributed by atoms with Crippen LogP contribution in [-0.4, -0.2) is 21.9 Å². The second kappa shape index (κ2) is 9.01. The lowest BCUT2D eigenvalue weighted by molar-refractivity contribution is -0.153. The summed E-state index contributed by atoms with van der Waals surface area (Å²) in [6.45, 7) is 11.4. The van der Waals surface area contributed by atoms with E-state index in [0.717, 1.165) is 24.8 Å². The van der Waals surface area contributed by atoms with Crippen LogP contribution >= 0.6 is 11.6 Å². The van der Waals surface area contributed by atoms with E-state index in [0.29, 0.717) is 6.42 Å². The van der Waals surface area contributed by atoms with Gasteiger partial charge in [0.05, 0.1) is 6.42 Å². The van der Waals surface area contributed by atoms with Gasteiger partial charge < -0.3 is 9.94 Å². The number of halogens is 1. The van der Waals surface area contributed by atoms with Crippen LogP contribution in [0.15, 0.2) is 17.3 Å². The Hall–Kier alpha value is -1.03. The number of carbonyl (C=O) groups excluding carboxylic acids is 1. The molecule has 0 saturated heterocycles. The van der Waals surface area contributed by atoms with E-state index in [1.807, 2.05) is 27.7 Å². The number of esters is 1. The molecule has 20 heavy (non-hydrogen) atoms. The molecule has 0 aliphatic rings. The largest absolute Gasteiger partial charge is 0.460 e. The van der Waals surface area contributed by atoms with Gasteiger partial charge in [0.1, 0.15) is 10.8 Å². The zero-order chi connectivity index (χ0) is 15.8. The number of carbonyl (C=O) groups is 1. The van der Waals surface area contributed by atoms with Crippen LogP contribution in [-0.2, 0) is 9.53 Å². The van der Waals surface area contributed by atoms with Gasteiger partial charge in [-0.25, -0.2) is 0 Å². The van der Waals surface area contributed by atoms with Gasteiger partial charge in [0.2, 0.25) is 0 Å². The zero-order valence-corrected chi connectivity index (χ0v) is 13.7. The average Bonchev–Trinajstić information content (AvgIpc) is 2.30. The summed E-state index contributed by atoms with van der Waals surface area (Å²) in [7, 11) is 0. The van der Waals surface area contributed by atoms with Crippen LogP contribution in [0.5, 0.6) is 0 Å². The topological polar surface area (TPSA) is 58.9 Å². The smallest absolute Gasteiger partial charge is 0.310 e. The van der Waals surface area contributed by atoms with E-state index in [-0.39, 0.29) is 23.5 Å². The molecule has 1 atom stereocenters. The van der Waals surface area contributed by atoms with Crippen molar-refractivity contribution in [3.05, 3.63) is 12.2 Å². The van der Waals surface area contributed by atoms with E-state index >= 15 is 0 Å². The molecule has 0 aromatic heterocycles. The Morgan fingerprint density at radius 3 is 2.45 bits per heavy atom. The molecule has 0 aromatic rings. The van der Waals surface area contributed by atoms with Gasteiger partial charge in [-0.05, 0) is 40.0 Å². The van der Waals surface area contributed by atoms with Crippen molar-refractivity contribution in [2.24, 2.45) is 11.1 Å². The summed E-state index contributed by atoms with van der Waals surface area (Å²) >= 11 is 5.87. The molecule has 0 spiro atoms. The summed E-state index contributed by atoms with van der Waals surface area (Å²) in [5, 5.41) is 12.0. The molecule has 0 saturated carbocycles. The van der Waals surface area contributed by atoms with Crippen molar-refractivity contribution >= 4 is 22.7 Å². The quantitative estimate of drug-likeness (QED) is 0.236. The lowest BCUT2D eigenvalue weighted by atomic mass is 9.95. The molecular formula is C15H26ClNO3. The summed E-state index contributed by atoms with van der Waals surface area (Å²) in [6.07, 6.45) is 3.40. The number of oxime groups is 1. The zero-order valence-electron chi connectivity index (χ0n) is 12.9. The van der Waals surface area contributed by atoms with Crippen molar-refractivity contribution in [3.8, 4) is 0 Å². The molecule has 0 fully saturated rings. The minimum atomic E-state index is -0.477. The molecule has 0 aliphatic heterocycles. The van der Waals surface area contributed by atoms with Crippen molar-refractivity contribution in [1.82, 2.24) is 0 Å². The van der Waals surface area contributed by atoms with Gasteiger partial charge in [-0.3, -0.25) is 4.79 Å². The number of ether oxygens (including phenoxy) is 1. The van der Waals surface area contributed by atoms with Crippen molar-refractivity contribution in [2.45, 2.75) is 65.4 Å². The van der Waals surface area contributed by atoms with Crippen LogP contribution in [0.1, 0.15) is 59.8 Å². The molecule has 116 valence electrons. The number of hydrogen-bond donors (Lipinski definition) is 1. The second-order valence-electron chi connectivity index (χ2n) is 5.96. The third kappa shape index (κ3) is 8.97. The summed E-state index contributed by atoms with van der Waals surface area (Å²) < 4.78 is 5.24. The Kier molecular flexibility index (Phi) is 8.54. The van der Waals surface area contributed by atoms with E-state index in [2.05, 4.69) is 11.7 Å². The van der Waals surface area contributed by atoms with Gasteiger partial charge in [-0.2, -0.15) is 0 Å². The third-order valence-corrected chi connectivity index (χ3v) is 3.11. The minimum Gasteiger partial charge on any atom is -0.460 e. The average molecular weight is 304 g/mol. The summed E-state index contributed by atoms with van der Waals surface area (Å²) in [4.78, 5) is 11.7. The fraction of sp³-hybridized carbons (Fsp3) is 0.733. The van der Waals surface area contributed by atoms with Gasteiger partial charge in [-0.1, -0.05) is 42.3 Å². The van der Waals surface area contributed by atoms with E-state index in [1.54, 1.807) is 0 Å². The first-order valence-electron chi connectivity index (χ1n) is 6.95. The number of nitrogens with zero attached hydrogens (tertiary/aromatic N) is 1. The molecule has 1 unspecified atom stereocenters. The Labute approximate surface area is 126 Å². The molecule has 0 heterocycles. The van der Waals surface area contributed by atoms with Crippen LogP contribution in [0, 0.1) is 5.92 Å². The highest BCUT2D eigenvalue weighted by atomic mass is 35.5. The molecule has 0 radical (unpaired) electrons. The highest BCUT2D eigenvalue weighted by molar-refractivity contribution is 6.65. The molecule has 5 heteroatoms. The van der Waals surface area contributed by atoms with Gasteiger partial charge >= 0.3 is 5.97 Å². The first-order valence-corrected chi connectivity index (χ1v) is 7.33. The first kappa shape index (κ1) is 19.0. The highest BCUT2D eigenvalue weighted by Gasteiger charge is 2.18. The molecular weight excluding hydrogens is 278 g/mol. The Bertz CT molecular complexity index is 359. The lowest BCUT2D eigenvalue weighted by Gasteiger charge is -2.20. The minimum absolute atomic E-state index is 0.0158. The van der Waals surface area contributed by atoms with Crippen LogP contribution in [0.3, 0.4) is 0 Å². The van der Waals surface area contributed by atoms with Crippen molar-refractivity contribution in [2.75, 3.05) is 0 Å². The fourth-order valence-corrected chi connectivity index (χ4v) is 2.08. The molecule has 0 aliphatic carbocycles. The Morgan fingerprint density at radius 1 is 1.40 bits per heavy atom. The third-order valence-electron chi connectivity index (χ3n) is 2.73. The van der Waals surface area contributed by atoms with E-state index < -0.39 is 5.60 Å². The maximum absolute atomic E-state index is 11.7. The van der Waals surface area contributed by atoms with E-state index in [9.17, 15) is 4.79 Å². The summed E-state index contributed by atoms with van der Waals surface area (Å²) in [5.74, 6) is -0.251. The predicted molar refractivity (Wildman–Crippen MR) is 82.3 cm³/mol. The number of rotatable bonds is 8. The van der Waals surface area contributed by atoms with E-state index in [4.69, 9.17) is 21.5 Å². The molecule has 0 amide bonds. The van der Waals surface area contributed by atoms with Gasteiger partial charge in [0.15, 0.2) is 0 Å². The first-order chi connectivity index (χ1) is 9.19. The molecule has 0 aromatic carbocycles. The highest BCUT2D eigenvalue weighted by Crippen LogP contribution is 2.22. The maximum Gasteiger partial charge on any atom is 0.310 e. The molecule has 0 bridgehead atoms. The van der Waals surface area contributed by atoms with Gasteiger partial charge in [-0.15, -0.1) is 0 Å². The van der Waals surface area contributed by atoms with E-state index in [1.165, 1.54) is 0 Å². The summed E-state index contributed by atoms with van der Waals surface area (Å²) in [5.41, 5.74) is 0.331. The van der Waals surface area contributed by atoms with Gasteiger partial charge in [0.25, 0.3) is 0 Å². The van der Waals surface area contributed by atoms with Crippen molar-refractivity contribution in [3.63, 3.8) is 0 Å².